The second-order valence-electron chi connectivity index (χ2n) is 4.34. The van der Waals surface area contributed by atoms with Gasteiger partial charge in [-0.3, -0.25) is 4.90 Å². The minimum absolute atomic E-state index is 0.667. The molecule has 2 rings (SSSR count). The summed E-state index contributed by atoms with van der Waals surface area (Å²) < 4.78 is 0. The fourth-order valence-corrected chi connectivity index (χ4v) is 2.04. The molecule has 5 nitrogen and oxygen atoms in total. The Morgan fingerprint density at radius 2 is 2.00 bits per heavy atom. The van der Waals surface area contributed by atoms with Gasteiger partial charge in [-0.15, -0.1) is 0 Å². The smallest absolute Gasteiger partial charge is 0.185 e. The van der Waals surface area contributed by atoms with Gasteiger partial charge in [0.1, 0.15) is 17.5 Å². The van der Waals surface area contributed by atoms with E-state index in [1.165, 1.54) is 24.2 Å². The molecule has 0 N–H and O–H groups in total. The molecule has 1 saturated heterocycles. The molecule has 1 aliphatic rings. The summed E-state index contributed by atoms with van der Waals surface area (Å²) in [5.74, 6) is 2.32. The summed E-state index contributed by atoms with van der Waals surface area (Å²) in [5.41, 5.74) is 0. The number of nitriles is 1. The van der Waals surface area contributed by atoms with Crippen molar-refractivity contribution in [3.05, 3.63) is 11.9 Å². The first kappa shape index (κ1) is 11.6. The lowest BCUT2D eigenvalue weighted by atomic mass is 10.1. The van der Waals surface area contributed by atoms with Crippen LogP contribution in [0.15, 0.2) is 6.07 Å². The zero-order valence-corrected chi connectivity index (χ0v) is 10.3. The van der Waals surface area contributed by atoms with Crippen LogP contribution in [0.5, 0.6) is 0 Å². The van der Waals surface area contributed by atoms with Crippen molar-refractivity contribution in [2.75, 3.05) is 29.9 Å². The average Bonchev–Trinajstić information content (AvgIpc) is 2.38. The highest BCUT2D eigenvalue weighted by atomic mass is 15.2. The van der Waals surface area contributed by atoms with Gasteiger partial charge < -0.3 is 4.90 Å². The summed E-state index contributed by atoms with van der Waals surface area (Å²) in [6.07, 6.45) is 5.79. The van der Waals surface area contributed by atoms with Crippen molar-refractivity contribution in [2.45, 2.75) is 26.2 Å². The van der Waals surface area contributed by atoms with Gasteiger partial charge in [0.05, 0.1) is 0 Å². The third kappa shape index (κ3) is 2.64. The van der Waals surface area contributed by atoms with Gasteiger partial charge in [-0.2, -0.15) is 5.26 Å². The third-order valence-corrected chi connectivity index (χ3v) is 2.98. The SMILES string of the molecule is Cc1nc(N(C)C#N)cc(N2CCCCC2)n1. The molecule has 1 aromatic rings. The molecule has 1 fully saturated rings. The molecule has 2 heterocycles. The number of rotatable bonds is 2. The van der Waals surface area contributed by atoms with Gasteiger partial charge in [-0.05, 0) is 26.2 Å². The molecule has 0 unspecified atom stereocenters. The number of hydrogen-bond donors (Lipinski definition) is 0. The Hall–Kier alpha value is -1.83. The summed E-state index contributed by atoms with van der Waals surface area (Å²) in [6, 6.07) is 1.89. The van der Waals surface area contributed by atoms with E-state index >= 15 is 0 Å². The molecule has 0 aromatic carbocycles. The quantitative estimate of drug-likeness (QED) is 0.572. The standard InChI is InChI=1S/C12H17N5/c1-10-14-11(16(2)9-13)8-12(15-10)17-6-4-3-5-7-17/h8H,3-7H2,1-2H3. The van der Waals surface area contributed by atoms with E-state index in [-0.39, 0.29) is 0 Å². The number of hydrogen-bond acceptors (Lipinski definition) is 5. The van der Waals surface area contributed by atoms with Gasteiger partial charge in [0.15, 0.2) is 6.19 Å². The minimum atomic E-state index is 0.667. The van der Waals surface area contributed by atoms with Gasteiger partial charge in [0.25, 0.3) is 0 Å². The van der Waals surface area contributed by atoms with Crippen molar-refractivity contribution in [1.29, 1.82) is 5.26 Å². The summed E-state index contributed by atoms with van der Waals surface area (Å²) in [4.78, 5) is 12.4. The number of anilines is 2. The van der Waals surface area contributed by atoms with Gasteiger partial charge >= 0.3 is 0 Å². The van der Waals surface area contributed by atoms with E-state index in [1.54, 1.807) is 7.05 Å². The predicted molar refractivity (Wildman–Crippen MR) is 66.8 cm³/mol. The maximum absolute atomic E-state index is 8.88. The normalized spacial score (nSPS) is 15.5. The van der Waals surface area contributed by atoms with Crippen LogP contribution in [0.25, 0.3) is 0 Å². The number of piperidine rings is 1. The fourth-order valence-electron chi connectivity index (χ4n) is 2.04. The largest absolute Gasteiger partial charge is 0.356 e. The number of nitrogens with zero attached hydrogens (tertiary/aromatic N) is 5. The molecular weight excluding hydrogens is 214 g/mol. The van der Waals surface area contributed by atoms with E-state index < -0.39 is 0 Å². The van der Waals surface area contributed by atoms with Crippen molar-refractivity contribution >= 4 is 11.6 Å². The summed E-state index contributed by atoms with van der Waals surface area (Å²) >= 11 is 0. The van der Waals surface area contributed by atoms with E-state index in [0.717, 1.165) is 18.9 Å². The Bertz CT molecular complexity index is 431. The molecule has 1 aromatic heterocycles. The van der Waals surface area contributed by atoms with E-state index in [2.05, 4.69) is 21.1 Å². The second-order valence-corrected chi connectivity index (χ2v) is 4.34. The van der Waals surface area contributed by atoms with Crippen LogP contribution in [0.1, 0.15) is 25.1 Å². The van der Waals surface area contributed by atoms with E-state index in [4.69, 9.17) is 5.26 Å². The molecule has 17 heavy (non-hydrogen) atoms. The zero-order valence-electron chi connectivity index (χ0n) is 10.3. The summed E-state index contributed by atoms with van der Waals surface area (Å²) in [7, 11) is 1.71. The number of aromatic nitrogens is 2. The molecule has 0 radical (unpaired) electrons. The van der Waals surface area contributed by atoms with Crippen LogP contribution in [-0.4, -0.2) is 30.1 Å². The molecule has 1 aliphatic heterocycles. The fraction of sp³-hybridized carbons (Fsp3) is 0.583. The topological polar surface area (TPSA) is 56.1 Å². The Morgan fingerprint density at radius 1 is 1.29 bits per heavy atom. The van der Waals surface area contributed by atoms with E-state index in [1.807, 2.05) is 13.0 Å². The van der Waals surface area contributed by atoms with Crippen molar-refractivity contribution in [2.24, 2.45) is 0 Å². The molecule has 0 spiro atoms. The van der Waals surface area contributed by atoms with Crippen molar-refractivity contribution in [1.82, 2.24) is 9.97 Å². The lowest BCUT2D eigenvalue weighted by Crippen LogP contribution is -2.30. The average molecular weight is 231 g/mol. The third-order valence-electron chi connectivity index (χ3n) is 2.98. The summed E-state index contributed by atoms with van der Waals surface area (Å²) in [6.45, 7) is 3.96. The van der Waals surface area contributed by atoms with Gasteiger partial charge in [0, 0.05) is 26.2 Å². The lowest BCUT2D eigenvalue weighted by molar-refractivity contribution is 0.572. The molecule has 0 amide bonds. The highest BCUT2D eigenvalue weighted by molar-refractivity contribution is 5.52. The van der Waals surface area contributed by atoms with Gasteiger partial charge in [0.2, 0.25) is 0 Å². The first-order valence-corrected chi connectivity index (χ1v) is 5.95. The Labute approximate surface area is 102 Å². The van der Waals surface area contributed by atoms with Crippen LogP contribution in [-0.2, 0) is 0 Å². The number of aryl methyl sites for hydroxylation is 1. The Kier molecular flexibility index (Phi) is 3.43. The van der Waals surface area contributed by atoms with Crippen LogP contribution in [0.2, 0.25) is 0 Å². The van der Waals surface area contributed by atoms with Crippen LogP contribution in [0.3, 0.4) is 0 Å². The van der Waals surface area contributed by atoms with Crippen LogP contribution < -0.4 is 9.80 Å². The Balaban J connectivity index is 2.28. The maximum atomic E-state index is 8.88. The van der Waals surface area contributed by atoms with Crippen LogP contribution in [0.4, 0.5) is 11.6 Å². The molecule has 0 saturated carbocycles. The summed E-state index contributed by atoms with van der Waals surface area (Å²) in [5, 5.41) is 8.88. The molecule has 0 aliphatic carbocycles. The van der Waals surface area contributed by atoms with E-state index in [0.29, 0.717) is 11.6 Å². The van der Waals surface area contributed by atoms with Gasteiger partial charge in [-0.1, -0.05) is 0 Å². The van der Waals surface area contributed by atoms with Gasteiger partial charge in [-0.25, -0.2) is 9.97 Å². The second kappa shape index (κ2) is 5.00. The maximum Gasteiger partial charge on any atom is 0.185 e. The first-order valence-electron chi connectivity index (χ1n) is 5.95. The first-order chi connectivity index (χ1) is 8.20. The minimum Gasteiger partial charge on any atom is -0.356 e. The van der Waals surface area contributed by atoms with Crippen molar-refractivity contribution in [3.8, 4) is 6.19 Å². The molecular formula is C12H17N5. The van der Waals surface area contributed by atoms with Crippen LogP contribution >= 0.6 is 0 Å². The van der Waals surface area contributed by atoms with Crippen LogP contribution in [0, 0.1) is 18.4 Å². The molecule has 90 valence electrons. The monoisotopic (exact) mass is 231 g/mol. The zero-order chi connectivity index (χ0) is 12.3. The van der Waals surface area contributed by atoms with Crippen molar-refractivity contribution < 1.29 is 0 Å². The molecule has 0 atom stereocenters. The molecule has 5 heteroatoms. The highest BCUT2D eigenvalue weighted by Gasteiger charge is 2.14. The van der Waals surface area contributed by atoms with E-state index in [9.17, 15) is 0 Å². The Morgan fingerprint density at radius 3 is 2.65 bits per heavy atom. The van der Waals surface area contributed by atoms with Crippen molar-refractivity contribution in [3.63, 3.8) is 0 Å². The molecule has 0 bridgehead atoms. The predicted octanol–water partition coefficient (Wildman–Crippen LogP) is 1.69. The highest BCUT2D eigenvalue weighted by Crippen LogP contribution is 2.21. The lowest BCUT2D eigenvalue weighted by Gasteiger charge is -2.28.